The summed E-state index contributed by atoms with van der Waals surface area (Å²) < 4.78 is 22.5. The third-order valence-electron chi connectivity index (χ3n) is 3.43. The Hall–Kier alpha value is -0.620. The lowest BCUT2D eigenvalue weighted by Crippen LogP contribution is -2.41. The maximum Gasteiger partial charge on any atom is 0.224 e. The second-order valence-electron chi connectivity index (χ2n) is 4.85. The van der Waals surface area contributed by atoms with Crippen LogP contribution in [0, 0.1) is 11.8 Å². The average molecular weight is 246 g/mol. The van der Waals surface area contributed by atoms with Crippen molar-refractivity contribution in [3.8, 4) is 0 Å². The predicted octanol–water partition coefficient (Wildman–Crippen LogP) is -0.855. The lowest BCUT2D eigenvalue weighted by molar-refractivity contribution is -0.125. The molecule has 0 aromatic carbocycles. The molecule has 0 bridgehead atoms. The molecule has 3 unspecified atom stereocenters. The molecule has 2 fully saturated rings. The number of nitrogens with one attached hydrogen (secondary N) is 2. The molecule has 0 spiro atoms. The number of sulfone groups is 1. The van der Waals surface area contributed by atoms with Crippen LogP contribution >= 0.6 is 0 Å². The molecule has 1 amide bonds. The van der Waals surface area contributed by atoms with E-state index in [0.29, 0.717) is 18.9 Å². The van der Waals surface area contributed by atoms with Crippen molar-refractivity contribution in [2.24, 2.45) is 11.8 Å². The molecule has 5 nitrogen and oxygen atoms in total. The molecule has 0 aliphatic carbocycles. The molecule has 2 N–H and O–H groups in total. The van der Waals surface area contributed by atoms with E-state index < -0.39 is 9.84 Å². The van der Waals surface area contributed by atoms with Gasteiger partial charge in [-0.25, -0.2) is 8.42 Å². The SMILES string of the molecule is CC1CNCC1C(=O)NC1CCS(=O)(=O)C1. The summed E-state index contributed by atoms with van der Waals surface area (Å²) in [6.07, 6.45) is 0.558. The van der Waals surface area contributed by atoms with Gasteiger partial charge in [0.1, 0.15) is 0 Å². The van der Waals surface area contributed by atoms with Crippen LogP contribution in [0.1, 0.15) is 13.3 Å². The molecule has 2 saturated heterocycles. The van der Waals surface area contributed by atoms with E-state index in [-0.39, 0.29) is 29.4 Å². The second kappa shape index (κ2) is 4.33. The van der Waals surface area contributed by atoms with Crippen LogP contribution in [-0.2, 0) is 14.6 Å². The van der Waals surface area contributed by atoms with E-state index in [0.717, 1.165) is 6.54 Å². The van der Waals surface area contributed by atoms with Gasteiger partial charge in [0, 0.05) is 12.6 Å². The van der Waals surface area contributed by atoms with Crippen LogP contribution in [0.25, 0.3) is 0 Å². The standard InChI is InChI=1S/C10H18N2O3S/c1-7-4-11-5-9(7)10(13)12-8-2-3-16(14,15)6-8/h7-9,11H,2-6H2,1H3,(H,12,13). The third kappa shape index (κ3) is 2.55. The van der Waals surface area contributed by atoms with E-state index >= 15 is 0 Å². The van der Waals surface area contributed by atoms with Crippen molar-refractivity contribution in [3.05, 3.63) is 0 Å². The number of hydrogen-bond donors (Lipinski definition) is 2. The van der Waals surface area contributed by atoms with Gasteiger partial charge in [0.15, 0.2) is 9.84 Å². The molecule has 0 aromatic rings. The highest BCUT2D eigenvalue weighted by Crippen LogP contribution is 2.18. The van der Waals surface area contributed by atoms with Gasteiger partial charge >= 0.3 is 0 Å². The molecule has 6 heteroatoms. The van der Waals surface area contributed by atoms with E-state index in [9.17, 15) is 13.2 Å². The minimum absolute atomic E-state index is 0.000370. The van der Waals surface area contributed by atoms with E-state index in [4.69, 9.17) is 0 Å². The zero-order chi connectivity index (χ0) is 11.8. The normalized spacial score (nSPS) is 37.4. The highest BCUT2D eigenvalue weighted by molar-refractivity contribution is 7.91. The van der Waals surface area contributed by atoms with Crippen molar-refractivity contribution < 1.29 is 13.2 Å². The maximum atomic E-state index is 11.9. The molecule has 2 rings (SSSR count). The zero-order valence-electron chi connectivity index (χ0n) is 9.40. The molecule has 2 heterocycles. The van der Waals surface area contributed by atoms with Crippen molar-refractivity contribution >= 4 is 15.7 Å². The highest BCUT2D eigenvalue weighted by Gasteiger charge is 2.34. The molecule has 0 aromatic heterocycles. The minimum atomic E-state index is -2.91. The summed E-state index contributed by atoms with van der Waals surface area (Å²) in [5, 5.41) is 6.01. The quantitative estimate of drug-likeness (QED) is 0.665. The molecular weight excluding hydrogens is 228 g/mol. The highest BCUT2D eigenvalue weighted by atomic mass is 32.2. The Balaban J connectivity index is 1.88. The van der Waals surface area contributed by atoms with Gasteiger partial charge in [0.25, 0.3) is 0 Å². The average Bonchev–Trinajstić information content (AvgIpc) is 2.72. The van der Waals surface area contributed by atoms with Crippen LogP contribution in [0.3, 0.4) is 0 Å². The van der Waals surface area contributed by atoms with Crippen molar-refractivity contribution in [1.82, 2.24) is 10.6 Å². The van der Waals surface area contributed by atoms with Gasteiger partial charge in [-0.2, -0.15) is 0 Å². The van der Waals surface area contributed by atoms with E-state index in [2.05, 4.69) is 10.6 Å². The topological polar surface area (TPSA) is 75.3 Å². The van der Waals surface area contributed by atoms with Gasteiger partial charge in [0.05, 0.1) is 17.4 Å². The lowest BCUT2D eigenvalue weighted by atomic mass is 9.97. The Morgan fingerprint density at radius 2 is 2.12 bits per heavy atom. The van der Waals surface area contributed by atoms with Crippen LogP contribution in [0.2, 0.25) is 0 Å². The fourth-order valence-electron chi connectivity index (χ4n) is 2.38. The number of rotatable bonds is 2. The molecule has 16 heavy (non-hydrogen) atoms. The van der Waals surface area contributed by atoms with Gasteiger partial charge < -0.3 is 10.6 Å². The maximum absolute atomic E-state index is 11.9. The first kappa shape index (κ1) is 11.9. The summed E-state index contributed by atoms with van der Waals surface area (Å²) in [6, 6.07) is -0.176. The van der Waals surface area contributed by atoms with E-state index in [1.54, 1.807) is 0 Å². The summed E-state index contributed by atoms with van der Waals surface area (Å²) in [5.41, 5.74) is 0. The fourth-order valence-corrected chi connectivity index (χ4v) is 4.05. The molecule has 92 valence electrons. The Bertz CT molecular complexity index is 380. The fraction of sp³-hybridized carbons (Fsp3) is 0.900. The summed E-state index contributed by atoms with van der Waals surface area (Å²) >= 11 is 0. The van der Waals surface area contributed by atoms with E-state index in [1.165, 1.54) is 0 Å². The van der Waals surface area contributed by atoms with Gasteiger partial charge in [-0.05, 0) is 18.9 Å². The minimum Gasteiger partial charge on any atom is -0.352 e. The molecule has 0 radical (unpaired) electrons. The van der Waals surface area contributed by atoms with Crippen molar-refractivity contribution in [1.29, 1.82) is 0 Å². The van der Waals surface area contributed by atoms with Gasteiger partial charge in [-0.15, -0.1) is 0 Å². The van der Waals surface area contributed by atoms with Crippen LogP contribution < -0.4 is 10.6 Å². The smallest absolute Gasteiger partial charge is 0.224 e. The van der Waals surface area contributed by atoms with Gasteiger partial charge in [-0.3, -0.25) is 4.79 Å². The third-order valence-corrected chi connectivity index (χ3v) is 5.20. The first-order valence-electron chi connectivity index (χ1n) is 5.69. The zero-order valence-corrected chi connectivity index (χ0v) is 10.2. The Morgan fingerprint density at radius 1 is 1.38 bits per heavy atom. The Kier molecular flexibility index (Phi) is 3.21. The van der Waals surface area contributed by atoms with Crippen LogP contribution in [0.5, 0.6) is 0 Å². The predicted molar refractivity (Wildman–Crippen MR) is 60.7 cm³/mol. The van der Waals surface area contributed by atoms with Crippen LogP contribution in [0.4, 0.5) is 0 Å². The Morgan fingerprint density at radius 3 is 2.62 bits per heavy atom. The first-order chi connectivity index (χ1) is 7.48. The molecule has 0 saturated carbocycles. The summed E-state index contributed by atoms with van der Waals surface area (Å²) in [5.74, 6) is 0.630. The summed E-state index contributed by atoms with van der Waals surface area (Å²) in [4.78, 5) is 11.9. The molecule has 3 atom stereocenters. The lowest BCUT2D eigenvalue weighted by Gasteiger charge is -2.17. The summed E-state index contributed by atoms with van der Waals surface area (Å²) in [7, 11) is -2.91. The van der Waals surface area contributed by atoms with Gasteiger partial charge in [0.2, 0.25) is 5.91 Å². The number of carbonyl (C=O) groups excluding carboxylic acids is 1. The number of amides is 1. The van der Waals surface area contributed by atoms with Crippen molar-refractivity contribution in [3.63, 3.8) is 0 Å². The number of hydrogen-bond acceptors (Lipinski definition) is 4. The Labute approximate surface area is 95.9 Å². The molecular formula is C10H18N2O3S. The molecule has 2 aliphatic rings. The van der Waals surface area contributed by atoms with Crippen LogP contribution in [0.15, 0.2) is 0 Å². The largest absolute Gasteiger partial charge is 0.352 e. The van der Waals surface area contributed by atoms with Crippen LogP contribution in [-0.4, -0.2) is 45.0 Å². The monoisotopic (exact) mass is 246 g/mol. The summed E-state index contributed by atoms with van der Waals surface area (Å²) in [6.45, 7) is 3.60. The first-order valence-corrected chi connectivity index (χ1v) is 7.51. The van der Waals surface area contributed by atoms with E-state index in [1.807, 2.05) is 6.92 Å². The second-order valence-corrected chi connectivity index (χ2v) is 7.08. The van der Waals surface area contributed by atoms with Crippen molar-refractivity contribution in [2.45, 2.75) is 19.4 Å². The van der Waals surface area contributed by atoms with Gasteiger partial charge in [-0.1, -0.05) is 6.92 Å². The number of carbonyl (C=O) groups is 1. The molecule has 2 aliphatic heterocycles. The van der Waals surface area contributed by atoms with Crippen molar-refractivity contribution in [2.75, 3.05) is 24.6 Å².